The summed E-state index contributed by atoms with van der Waals surface area (Å²) in [6, 6.07) is 13.8. The van der Waals surface area contributed by atoms with E-state index in [-0.39, 0.29) is 5.28 Å². The first-order chi connectivity index (χ1) is 11.1. The van der Waals surface area contributed by atoms with Gasteiger partial charge in [0.25, 0.3) is 0 Å². The highest BCUT2D eigenvalue weighted by molar-refractivity contribution is 6.28. The van der Waals surface area contributed by atoms with Crippen LogP contribution in [0.1, 0.15) is 0 Å². The van der Waals surface area contributed by atoms with Crippen LogP contribution < -0.4 is 4.90 Å². The molecule has 23 heavy (non-hydrogen) atoms. The Morgan fingerprint density at radius 3 is 2.65 bits per heavy atom. The van der Waals surface area contributed by atoms with Crippen LogP contribution in [0.15, 0.2) is 48.7 Å². The standard InChI is InChI=1S/C17H14ClN5/c1-22-10-9-13-14(22)7-8-15(19-13)23(2)16-11-5-3-4-6-12(11)20-17(18)21-16/h3-10H,1-2H3. The first-order valence-corrected chi connectivity index (χ1v) is 7.59. The molecule has 114 valence electrons. The first-order valence-electron chi connectivity index (χ1n) is 7.21. The van der Waals surface area contributed by atoms with Gasteiger partial charge in [-0.3, -0.25) is 0 Å². The molecule has 0 N–H and O–H groups in total. The predicted octanol–water partition coefficient (Wildman–Crippen LogP) is 3.94. The maximum atomic E-state index is 6.08. The number of para-hydroxylation sites is 1. The van der Waals surface area contributed by atoms with Crippen molar-refractivity contribution in [3.63, 3.8) is 0 Å². The van der Waals surface area contributed by atoms with Crippen LogP contribution in [0.3, 0.4) is 0 Å². The predicted molar refractivity (Wildman–Crippen MR) is 93.3 cm³/mol. The lowest BCUT2D eigenvalue weighted by Gasteiger charge is -2.19. The topological polar surface area (TPSA) is 46.8 Å². The van der Waals surface area contributed by atoms with Gasteiger partial charge in [-0.15, -0.1) is 0 Å². The molecule has 5 nitrogen and oxygen atoms in total. The third-order valence-electron chi connectivity index (χ3n) is 3.94. The normalized spacial score (nSPS) is 11.3. The fourth-order valence-corrected chi connectivity index (χ4v) is 2.89. The van der Waals surface area contributed by atoms with Crippen molar-refractivity contribution in [2.75, 3.05) is 11.9 Å². The molecular weight excluding hydrogens is 310 g/mol. The Hall–Kier alpha value is -2.66. The van der Waals surface area contributed by atoms with E-state index in [0.717, 1.165) is 33.6 Å². The number of rotatable bonds is 2. The van der Waals surface area contributed by atoms with Crippen molar-refractivity contribution >= 4 is 45.2 Å². The fraction of sp³-hybridized carbons (Fsp3) is 0.118. The van der Waals surface area contributed by atoms with Gasteiger partial charge in [-0.05, 0) is 41.9 Å². The smallest absolute Gasteiger partial charge is 0.224 e. The molecule has 0 aliphatic heterocycles. The lowest BCUT2D eigenvalue weighted by atomic mass is 10.2. The summed E-state index contributed by atoms with van der Waals surface area (Å²) in [5, 5.41) is 1.17. The van der Waals surface area contributed by atoms with Gasteiger partial charge in [0.2, 0.25) is 5.28 Å². The molecule has 0 aliphatic carbocycles. The van der Waals surface area contributed by atoms with Crippen LogP contribution in [0.4, 0.5) is 11.6 Å². The Morgan fingerprint density at radius 2 is 1.78 bits per heavy atom. The van der Waals surface area contributed by atoms with Crippen molar-refractivity contribution in [1.29, 1.82) is 0 Å². The largest absolute Gasteiger partial charge is 0.349 e. The molecule has 0 radical (unpaired) electrons. The van der Waals surface area contributed by atoms with Gasteiger partial charge in [-0.25, -0.2) is 9.97 Å². The summed E-state index contributed by atoms with van der Waals surface area (Å²) < 4.78 is 2.04. The van der Waals surface area contributed by atoms with E-state index in [9.17, 15) is 0 Å². The average Bonchev–Trinajstić information content (AvgIpc) is 2.94. The molecule has 0 bridgehead atoms. The molecule has 3 heterocycles. The highest BCUT2D eigenvalue weighted by Crippen LogP contribution is 2.29. The van der Waals surface area contributed by atoms with E-state index in [1.54, 1.807) is 0 Å². The SMILES string of the molecule is CN(c1ccc2c(ccn2C)n1)c1nc(Cl)nc2ccccc12. The molecule has 0 spiro atoms. The number of benzene rings is 1. The van der Waals surface area contributed by atoms with Gasteiger partial charge in [0.05, 0.1) is 16.6 Å². The first kappa shape index (κ1) is 14.0. The number of hydrogen-bond acceptors (Lipinski definition) is 4. The Morgan fingerprint density at radius 1 is 0.957 bits per heavy atom. The lowest BCUT2D eigenvalue weighted by Crippen LogP contribution is -2.13. The molecule has 6 heteroatoms. The summed E-state index contributed by atoms with van der Waals surface area (Å²) in [6.07, 6.45) is 2.00. The van der Waals surface area contributed by atoms with E-state index >= 15 is 0 Å². The minimum absolute atomic E-state index is 0.228. The van der Waals surface area contributed by atoms with Crippen molar-refractivity contribution in [2.45, 2.75) is 0 Å². The lowest BCUT2D eigenvalue weighted by molar-refractivity contribution is 0.967. The quantitative estimate of drug-likeness (QED) is 0.524. The van der Waals surface area contributed by atoms with Gasteiger partial charge < -0.3 is 9.47 Å². The second kappa shape index (κ2) is 5.21. The van der Waals surface area contributed by atoms with Crippen LogP contribution in [0.25, 0.3) is 21.9 Å². The van der Waals surface area contributed by atoms with Crippen molar-refractivity contribution in [3.8, 4) is 0 Å². The number of fused-ring (bicyclic) bond motifs is 2. The average molecular weight is 324 g/mol. The zero-order chi connectivity index (χ0) is 16.0. The summed E-state index contributed by atoms with van der Waals surface area (Å²) >= 11 is 6.08. The zero-order valence-corrected chi connectivity index (χ0v) is 13.5. The zero-order valence-electron chi connectivity index (χ0n) is 12.7. The van der Waals surface area contributed by atoms with Crippen LogP contribution in [-0.2, 0) is 7.05 Å². The van der Waals surface area contributed by atoms with E-state index in [0.29, 0.717) is 0 Å². The Bertz CT molecular complexity index is 1020. The molecule has 3 aromatic heterocycles. The minimum Gasteiger partial charge on any atom is -0.349 e. The summed E-state index contributed by atoms with van der Waals surface area (Å²) in [4.78, 5) is 15.3. The molecule has 0 amide bonds. The van der Waals surface area contributed by atoms with Gasteiger partial charge in [0, 0.05) is 25.7 Å². The van der Waals surface area contributed by atoms with Gasteiger partial charge >= 0.3 is 0 Å². The number of hydrogen-bond donors (Lipinski definition) is 0. The van der Waals surface area contributed by atoms with Crippen LogP contribution in [0.5, 0.6) is 0 Å². The second-order valence-corrected chi connectivity index (χ2v) is 5.73. The van der Waals surface area contributed by atoms with Gasteiger partial charge in [0.1, 0.15) is 11.6 Å². The third kappa shape index (κ3) is 2.29. The number of nitrogens with zero attached hydrogens (tertiary/aromatic N) is 5. The van der Waals surface area contributed by atoms with Crippen LogP contribution in [0, 0.1) is 0 Å². The van der Waals surface area contributed by atoms with Gasteiger partial charge in [0.15, 0.2) is 0 Å². The highest BCUT2D eigenvalue weighted by atomic mass is 35.5. The van der Waals surface area contributed by atoms with Crippen molar-refractivity contribution in [2.24, 2.45) is 7.05 Å². The van der Waals surface area contributed by atoms with E-state index in [1.807, 2.05) is 66.2 Å². The van der Waals surface area contributed by atoms with E-state index < -0.39 is 0 Å². The number of halogens is 1. The van der Waals surface area contributed by atoms with E-state index in [4.69, 9.17) is 16.6 Å². The van der Waals surface area contributed by atoms with Crippen LogP contribution >= 0.6 is 11.6 Å². The van der Waals surface area contributed by atoms with E-state index in [2.05, 4.69) is 16.0 Å². The minimum atomic E-state index is 0.228. The van der Waals surface area contributed by atoms with Gasteiger partial charge in [-0.1, -0.05) is 12.1 Å². The molecule has 0 saturated heterocycles. The van der Waals surface area contributed by atoms with Crippen molar-refractivity contribution in [1.82, 2.24) is 19.5 Å². The molecule has 4 rings (SSSR count). The summed E-state index contributed by atoms with van der Waals surface area (Å²) in [5.41, 5.74) is 2.85. The number of aromatic nitrogens is 4. The summed E-state index contributed by atoms with van der Waals surface area (Å²) in [5.74, 6) is 1.55. The maximum Gasteiger partial charge on any atom is 0.224 e. The van der Waals surface area contributed by atoms with Gasteiger partial charge in [-0.2, -0.15) is 4.98 Å². The fourth-order valence-electron chi connectivity index (χ4n) is 2.72. The molecular formula is C17H14ClN5. The molecule has 0 aliphatic rings. The summed E-state index contributed by atoms with van der Waals surface area (Å²) in [6.45, 7) is 0. The molecule has 0 unspecified atom stereocenters. The summed E-state index contributed by atoms with van der Waals surface area (Å²) in [7, 11) is 3.94. The molecule has 1 aromatic carbocycles. The molecule has 0 saturated carbocycles. The third-order valence-corrected chi connectivity index (χ3v) is 4.11. The maximum absolute atomic E-state index is 6.08. The van der Waals surface area contributed by atoms with E-state index in [1.165, 1.54) is 0 Å². The highest BCUT2D eigenvalue weighted by Gasteiger charge is 2.14. The van der Waals surface area contributed by atoms with Crippen LogP contribution in [0.2, 0.25) is 5.28 Å². The number of anilines is 2. The molecule has 0 atom stereocenters. The Kier molecular flexibility index (Phi) is 3.16. The molecule has 4 aromatic rings. The Balaban J connectivity index is 1.88. The Labute approximate surface area is 138 Å². The number of pyridine rings is 1. The second-order valence-electron chi connectivity index (χ2n) is 5.39. The van der Waals surface area contributed by atoms with Crippen LogP contribution in [-0.4, -0.2) is 26.6 Å². The number of aryl methyl sites for hydroxylation is 1. The van der Waals surface area contributed by atoms with Crippen molar-refractivity contribution < 1.29 is 0 Å². The van der Waals surface area contributed by atoms with Crippen molar-refractivity contribution in [3.05, 3.63) is 53.9 Å². The monoisotopic (exact) mass is 323 g/mol. The molecule has 0 fully saturated rings.